The Bertz CT molecular complexity index is 1020. The number of rotatable bonds is 4. The van der Waals surface area contributed by atoms with Gasteiger partial charge in [0.05, 0.1) is 25.0 Å². The molecule has 0 saturated carbocycles. The van der Waals surface area contributed by atoms with Crippen LogP contribution in [0, 0.1) is 0 Å². The molecule has 2 aliphatic rings. The monoisotopic (exact) mass is 415 g/mol. The number of carbonyl (C=O) groups is 1. The fourth-order valence-electron chi connectivity index (χ4n) is 4.01. The summed E-state index contributed by atoms with van der Waals surface area (Å²) in [5.41, 5.74) is 2.18. The fraction of sp³-hybridized carbons (Fsp3) is 0.409. The molecule has 2 aliphatic heterocycles. The first-order chi connectivity index (χ1) is 13.9. The van der Waals surface area contributed by atoms with E-state index in [1.807, 2.05) is 23.1 Å². The van der Waals surface area contributed by atoms with E-state index in [0.29, 0.717) is 30.9 Å². The minimum Gasteiger partial charge on any atom is -0.490 e. The quantitative estimate of drug-likeness (QED) is 0.766. The molecule has 1 saturated heterocycles. The molecule has 2 aromatic rings. The van der Waals surface area contributed by atoms with Crippen LogP contribution >= 0.6 is 0 Å². The molecule has 2 heterocycles. The van der Waals surface area contributed by atoms with E-state index in [9.17, 15) is 13.2 Å². The third-order valence-corrected chi connectivity index (χ3v) is 6.13. The highest BCUT2D eigenvalue weighted by Gasteiger charge is 2.31. The van der Waals surface area contributed by atoms with E-state index in [2.05, 4.69) is 0 Å². The highest BCUT2D eigenvalue weighted by atomic mass is 32.2. The average Bonchev–Trinajstić information content (AvgIpc) is 3.05. The standard InChI is InChI=1S/C22H25NO5S/c1-29(25,26)15-16-5-2-6-18(13-16)22(24)23-10-3-7-19(23)17-8-9-20-21(14-17)28-12-4-11-27-20/h2,5-6,8-9,13-14,19H,3-4,7,10-12,15H2,1H3. The predicted octanol–water partition coefficient (Wildman–Crippen LogP) is 3.37. The Kier molecular flexibility index (Phi) is 5.50. The lowest BCUT2D eigenvalue weighted by atomic mass is 10.0. The average molecular weight is 416 g/mol. The van der Waals surface area contributed by atoms with Gasteiger partial charge in [0.1, 0.15) is 0 Å². The molecule has 0 spiro atoms. The number of ether oxygens (including phenoxy) is 2. The lowest BCUT2D eigenvalue weighted by Crippen LogP contribution is -2.30. The van der Waals surface area contributed by atoms with E-state index in [-0.39, 0.29) is 17.7 Å². The van der Waals surface area contributed by atoms with Crippen LogP contribution in [0.25, 0.3) is 0 Å². The summed E-state index contributed by atoms with van der Waals surface area (Å²) in [6.07, 6.45) is 3.85. The van der Waals surface area contributed by atoms with Gasteiger partial charge in [-0.15, -0.1) is 0 Å². The molecule has 1 unspecified atom stereocenters. The SMILES string of the molecule is CS(=O)(=O)Cc1cccc(C(=O)N2CCCC2c2ccc3c(c2)OCCCO3)c1. The summed E-state index contributed by atoms with van der Waals surface area (Å²) in [5, 5.41) is 0. The van der Waals surface area contributed by atoms with Crippen LogP contribution < -0.4 is 9.47 Å². The largest absolute Gasteiger partial charge is 0.490 e. The van der Waals surface area contributed by atoms with E-state index in [4.69, 9.17) is 9.47 Å². The number of hydrogen-bond acceptors (Lipinski definition) is 5. The number of sulfone groups is 1. The molecule has 0 radical (unpaired) electrons. The second-order valence-electron chi connectivity index (χ2n) is 7.68. The zero-order chi connectivity index (χ0) is 20.4. The molecule has 4 rings (SSSR count). The van der Waals surface area contributed by atoms with Crippen molar-refractivity contribution in [1.29, 1.82) is 0 Å². The number of amides is 1. The first-order valence-corrected chi connectivity index (χ1v) is 11.9. The number of likely N-dealkylation sites (tertiary alicyclic amines) is 1. The summed E-state index contributed by atoms with van der Waals surface area (Å²) in [7, 11) is -3.15. The van der Waals surface area contributed by atoms with Gasteiger partial charge in [0, 0.05) is 24.8 Å². The Morgan fingerprint density at radius 3 is 2.66 bits per heavy atom. The van der Waals surface area contributed by atoms with Crippen LogP contribution in [-0.4, -0.2) is 45.2 Å². The van der Waals surface area contributed by atoms with Crippen LogP contribution in [0.2, 0.25) is 0 Å². The Morgan fingerprint density at radius 2 is 1.86 bits per heavy atom. The van der Waals surface area contributed by atoms with Crippen molar-refractivity contribution < 1.29 is 22.7 Å². The predicted molar refractivity (Wildman–Crippen MR) is 110 cm³/mol. The third kappa shape index (κ3) is 4.56. The van der Waals surface area contributed by atoms with Crippen LogP contribution in [0.4, 0.5) is 0 Å². The van der Waals surface area contributed by atoms with Crippen LogP contribution in [0.1, 0.15) is 46.8 Å². The molecular weight excluding hydrogens is 390 g/mol. The smallest absolute Gasteiger partial charge is 0.254 e. The number of benzene rings is 2. The van der Waals surface area contributed by atoms with E-state index in [0.717, 1.165) is 36.3 Å². The Labute approximate surface area is 171 Å². The molecule has 0 N–H and O–H groups in total. The highest BCUT2D eigenvalue weighted by molar-refractivity contribution is 7.89. The number of nitrogens with zero attached hydrogens (tertiary/aromatic N) is 1. The summed E-state index contributed by atoms with van der Waals surface area (Å²) in [4.78, 5) is 15.1. The first kappa shape index (κ1) is 19.8. The van der Waals surface area contributed by atoms with Gasteiger partial charge in [0.25, 0.3) is 5.91 Å². The maximum atomic E-state index is 13.2. The molecule has 29 heavy (non-hydrogen) atoms. The van der Waals surface area contributed by atoms with Gasteiger partial charge in [-0.25, -0.2) is 8.42 Å². The Balaban J connectivity index is 1.58. The summed E-state index contributed by atoms with van der Waals surface area (Å²) in [5.74, 6) is 1.33. The van der Waals surface area contributed by atoms with Gasteiger partial charge in [-0.2, -0.15) is 0 Å². The Hall–Kier alpha value is -2.54. The topological polar surface area (TPSA) is 72.9 Å². The van der Waals surface area contributed by atoms with Gasteiger partial charge in [-0.1, -0.05) is 18.2 Å². The van der Waals surface area contributed by atoms with E-state index < -0.39 is 9.84 Å². The molecule has 0 aliphatic carbocycles. The molecule has 0 aromatic heterocycles. The van der Waals surface area contributed by atoms with Crippen molar-refractivity contribution in [2.75, 3.05) is 26.0 Å². The number of carbonyl (C=O) groups excluding carboxylic acids is 1. The minimum absolute atomic E-state index is 0.0294. The highest BCUT2D eigenvalue weighted by Crippen LogP contribution is 2.38. The lowest BCUT2D eigenvalue weighted by molar-refractivity contribution is 0.0735. The van der Waals surface area contributed by atoms with Crippen LogP contribution in [-0.2, 0) is 15.6 Å². The summed E-state index contributed by atoms with van der Waals surface area (Å²) >= 11 is 0. The Morgan fingerprint density at radius 1 is 1.07 bits per heavy atom. The summed E-state index contributed by atoms with van der Waals surface area (Å²) < 4.78 is 34.7. The summed E-state index contributed by atoms with van der Waals surface area (Å²) in [6, 6.07) is 12.8. The summed E-state index contributed by atoms with van der Waals surface area (Å²) in [6.45, 7) is 1.94. The number of fused-ring (bicyclic) bond motifs is 1. The zero-order valence-electron chi connectivity index (χ0n) is 16.5. The molecule has 0 bridgehead atoms. The molecule has 7 heteroatoms. The molecular formula is C22H25NO5S. The zero-order valence-corrected chi connectivity index (χ0v) is 17.3. The maximum absolute atomic E-state index is 13.2. The van der Waals surface area contributed by atoms with Gasteiger partial charge in [-0.3, -0.25) is 4.79 Å². The van der Waals surface area contributed by atoms with Gasteiger partial charge in [-0.05, 0) is 48.2 Å². The van der Waals surface area contributed by atoms with Gasteiger partial charge in [0.2, 0.25) is 0 Å². The fourth-order valence-corrected chi connectivity index (χ4v) is 4.79. The first-order valence-electron chi connectivity index (χ1n) is 9.88. The van der Waals surface area contributed by atoms with Crippen molar-refractivity contribution in [2.45, 2.75) is 31.1 Å². The maximum Gasteiger partial charge on any atom is 0.254 e. The second kappa shape index (κ2) is 8.06. The second-order valence-corrected chi connectivity index (χ2v) is 9.82. The van der Waals surface area contributed by atoms with Crippen LogP contribution in [0.15, 0.2) is 42.5 Å². The molecule has 1 fully saturated rings. The van der Waals surface area contributed by atoms with Crippen molar-refractivity contribution in [1.82, 2.24) is 4.90 Å². The lowest BCUT2D eigenvalue weighted by Gasteiger charge is -2.26. The van der Waals surface area contributed by atoms with Crippen LogP contribution in [0.5, 0.6) is 11.5 Å². The third-order valence-electron chi connectivity index (χ3n) is 5.27. The number of hydrogen-bond donors (Lipinski definition) is 0. The van der Waals surface area contributed by atoms with Crippen molar-refractivity contribution in [2.24, 2.45) is 0 Å². The molecule has 2 aromatic carbocycles. The van der Waals surface area contributed by atoms with Crippen molar-refractivity contribution in [3.8, 4) is 11.5 Å². The molecule has 154 valence electrons. The van der Waals surface area contributed by atoms with E-state index in [1.165, 1.54) is 6.26 Å². The van der Waals surface area contributed by atoms with Crippen molar-refractivity contribution in [3.05, 3.63) is 59.2 Å². The van der Waals surface area contributed by atoms with Gasteiger partial charge >= 0.3 is 0 Å². The van der Waals surface area contributed by atoms with E-state index >= 15 is 0 Å². The van der Waals surface area contributed by atoms with E-state index in [1.54, 1.807) is 24.3 Å². The normalized spacial score (nSPS) is 19.1. The molecule has 1 atom stereocenters. The van der Waals surface area contributed by atoms with Gasteiger partial charge < -0.3 is 14.4 Å². The van der Waals surface area contributed by atoms with Crippen molar-refractivity contribution in [3.63, 3.8) is 0 Å². The van der Waals surface area contributed by atoms with Crippen LogP contribution in [0.3, 0.4) is 0 Å². The van der Waals surface area contributed by atoms with Crippen molar-refractivity contribution >= 4 is 15.7 Å². The molecule has 6 nitrogen and oxygen atoms in total. The molecule has 1 amide bonds. The minimum atomic E-state index is -3.15. The van der Waals surface area contributed by atoms with Gasteiger partial charge in [0.15, 0.2) is 21.3 Å².